The largest absolute Gasteiger partial charge is 0.370 e. The summed E-state index contributed by atoms with van der Waals surface area (Å²) in [4.78, 5) is 93.7. The number of hydrogen-bond donors (Lipinski definition) is 8. The van der Waals surface area contributed by atoms with E-state index in [1.165, 1.54) is 21.6 Å². The fourth-order valence-corrected chi connectivity index (χ4v) is 8.42. The molecule has 6 amide bonds. The number of benzene rings is 1. The van der Waals surface area contributed by atoms with Crippen LogP contribution < -0.4 is 43.4 Å². The molecule has 16 nitrogen and oxygen atoms in total. The van der Waals surface area contributed by atoms with E-state index in [9.17, 15) is 28.8 Å². The van der Waals surface area contributed by atoms with Gasteiger partial charge in [0, 0.05) is 24.9 Å². The number of pyridine rings is 1. The van der Waals surface area contributed by atoms with E-state index >= 15 is 0 Å². The molecule has 0 unspecified atom stereocenters. The monoisotopic (exact) mass is 868 g/mol. The van der Waals surface area contributed by atoms with Crippen molar-refractivity contribution in [2.45, 2.75) is 128 Å². The van der Waals surface area contributed by atoms with E-state index in [-0.39, 0.29) is 55.9 Å². The summed E-state index contributed by atoms with van der Waals surface area (Å²) in [5.41, 5.74) is 11.8. The van der Waals surface area contributed by atoms with Crippen molar-refractivity contribution < 1.29 is 28.8 Å². The van der Waals surface area contributed by atoms with Crippen LogP contribution in [-0.4, -0.2) is 94.9 Å². The van der Waals surface area contributed by atoms with Gasteiger partial charge in [0.1, 0.15) is 41.3 Å². The predicted octanol–water partition coefficient (Wildman–Crippen LogP) is 2.57. The quantitative estimate of drug-likeness (QED) is 0.0497. The molecule has 1 aliphatic rings. The molecule has 1 fully saturated rings. The van der Waals surface area contributed by atoms with Crippen molar-refractivity contribution in [1.82, 2.24) is 36.9 Å². The molecule has 2 heterocycles. The summed E-state index contributed by atoms with van der Waals surface area (Å²) in [6.07, 6.45) is 3.56. The van der Waals surface area contributed by atoms with Gasteiger partial charge in [-0.2, -0.15) is 0 Å². The minimum Gasteiger partial charge on any atom is -0.370 e. The molecule has 0 spiro atoms. The van der Waals surface area contributed by atoms with Crippen LogP contribution in [0.1, 0.15) is 85.6 Å². The Labute approximate surface area is 362 Å². The van der Waals surface area contributed by atoms with E-state index in [1.807, 2.05) is 90.1 Å². The SMILES string of the molecule is CC[C@H](C)[C@@H]1NC(=O)[C@H](CC(C)C)NC(=O)[C@H](CCCN=C(N)N)NC(=O)[C@H](CCSSc2ccccn2)NC(=O)[C@H](Cc2ccccc2)NC(=O)[C@H]([C@@H](C)CC)NC1=O. The van der Waals surface area contributed by atoms with Gasteiger partial charge in [0.25, 0.3) is 0 Å². The average molecular weight is 869 g/mol. The smallest absolute Gasteiger partial charge is 0.243 e. The van der Waals surface area contributed by atoms with Crippen LogP contribution in [-0.2, 0) is 35.2 Å². The third-order valence-corrected chi connectivity index (χ3v) is 12.6. The lowest BCUT2D eigenvalue weighted by Gasteiger charge is -2.32. The molecule has 60 heavy (non-hydrogen) atoms. The Balaban J connectivity index is 2.12. The van der Waals surface area contributed by atoms with Gasteiger partial charge < -0.3 is 43.4 Å². The molecule has 1 aromatic heterocycles. The summed E-state index contributed by atoms with van der Waals surface area (Å²) in [5.74, 6) is -4.11. The summed E-state index contributed by atoms with van der Waals surface area (Å²) in [6.45, 7) is 11.4. The van der Waals surface area contributed by atoms with Crippen LogP contribution in [0.3, 0.4) is 0 Å². The molecule has 1 saturated heterocycles. The summed E-state index contributed by atoms with van der Waals surface area (Å²) in [6, 6.07) is 8.00. The highest BCUT2D eigenvalue weighted by Crippen LogP contribution is 2.29. The lowest BCUT2D eigenvalue weighted by atomic mass is 9.93. The summed E-state index contributed by atoms with van der Waals surface area (Å²) in [5, 5.41) is 18.0. The molecule has 10 N–H and O–H groups in total. The van der Waals surface area contributed by atoms with Crippen molar-refractivity contribution in [2.24, 2.45) is 34.2 Å². The first-order valence-corrected chi connectivity index (χ1v) is 23.1. The number of guanidine groups is 1. The lowest BCUT2D eigenvalue weighted by molar-refractivity contribution is -0.137. The first-order chi connectivity index (χ1) is 28.6. The van der Waals surface area contributed by atoms with Crippen LogP contribution in [0.15, 0.2) is 64.7 Å². The summed E-state index contributed by atoms with van der Waals surface area (Å²) in [7, 11) is 2.85. The zero-order valence-corrected chi connectivity index (χ0v) is 37.2. The maximum Gasteiger partial charge on any atom is 0.243 e. The number of carbonyl (C=O) groups excluding carboxylic acids is 6. The number of rotatable bonds is 17. The molecule has 2 aromatic rings. The molecule has 3 rings (SSSR count). The van der Waals surface area contributed by atoms with Gasteiger partial charge in [0.2, 0.25) is 35.4 Å². The van der Waals surface area contributed by atoms with Gasteiger partial charge in [-0.25, -0.2) is 4.98 Å². The van der Waals surface area contributed by atoms with Crippen LogP contribution in [0, 0.1) is 17.8 Å². The number of nitrogens with zero attached hydrogens (tertiary/aromatic N) is 2. The molecule has 0 saturated carbocycles. The highest BCUT2D eigenvalue weighted by molar-refractivity contribution is 8.76. The van der Waals surface area contributed by atoms with Crippen LogP contribution >= 0.6 is 21.6 Å². The zero-order chi connectivity index (χ0) is 44.2. The first-order valence-electron chi connectivity index (χ1n) is 20.7. The van der Waals surface area contributed by atoms with E-state index in [2.05, 4.69) is 41.9 Å². The van der Waals surface area contributed by atoms with Gasteiger partial charge in [0.05, 0.1) is 0 Å². The van der Waals surface area contributed by atoms with Crippen LogP contribution in [0.2, 0.25) is 0 Å². The number of nitrogens with one attached hydrogen (secondary N) is 6. The first kappa shape index (κ1) is 49.5. The highest BCUT2D eigenvalue weighted by Gasteiger charge is 2.37. The fraction of sp³-hybridized carbons (Fsp3) is 0.571. The standard InChI is InChI=1S/C42H64N10O6S2/c1-7-26(5)34-40(57)50-32(24-28-15-10-9-11-16-28)38(55)48-30(19-22-59-60-33-18-12-13-20-45-33)37(54)47-29(17-14-21-46-42(43)44)36(53)49-31(23-25(3)4)39(56)51-35(27(6)8-2)41(58)52-34/h9-13,15-16,18,20,25-27,29-32,34-35H,7-8,14,17,19,21-24H2,1-6H3,(H,47,54)(H,48,55)(H,49,53)(H,50,57)(H,51,56)(H,52,58)(H4,43,44,46)/t26-,27-,29-,30-,31-,32-,34-,35-/m0/s1. The summed E-state index contributed by atoms with van der Waals surface area (Å²) < 4.78 is 0. The number of aliphatic imine (C=N–C) groups is 1. The Morgan fingerprint density at radius 2 is 1.18 bits per heavy atom. The molecule has 0 bridgehead atoms. The van der Waals surface area contributed by atoms with Crippen molar-refractivity contribution in [1.29, 1.82) is 0 Å². The maximum absolute atomic E-state index is 14.4. The maximum atomic E-state index is 14.4. The summed E-state index contributed by atoms with van der Waals surface area (Å²) >= 11 is 0. The third-order valence-electron chi connectivity index (χ3n) is 10.3. The fourth-order valence-electron chi connectivity index (χ4n) is 6.45. The van der Waals surface area contributed by atoms with Crippen molar-refractivity contribution in [3.05, 3.63) is 60.3 Å². The molecule has 330 valence electrons. The van der Waals surface area contributed by atoms with Crippen LogP contribution in [0.25, 0.3) is 0 Å². The molecular formula is C42H64N10O6S2. The topological polar surface area (TPSA) is 252 Å². The number of carbonyl (C=O) groups is 6. The average Bonchev–Trinajstić information content (AvgIpc) is 3.22. The number of hydrogen-bond acceptors (Lipinski definition) is 10. The molecule has 8 atom stereocenters. The number of aromatic nitrogens is 1. The van der Waals surface area contributed by atoms with Gasteiger partial charge >= 0.3 is 0 Å². The number of amides is 6. The van der Waals surface area contributed by atoms with Gasteiger partial charge in [-0.1, -0.05) is 102 Å². The van der Waals surface area contributed by atoms with Gasteiger partial charge in [-0.05, 0) is 71.9 Å². The van der Waals surface area contributed by atoms with Crippen LogP contribution in [0.5, 0.6) is 0 Å². The Kier molecular flexibility index (Phi) is 21.2. The van der Waals surface area contributed by atoms with Crippen molar-refractivity contribution in [2.75, 3.05) is 12.3 Å². The van der Waals surface area contributed by atoms with E-state index in [0.717, 1.165) is 10.6 Å². The Hall–Kier alpha value is -4.84. The molecule has 1 aromatic carbocycles. The number of nitrogens with two attached hydrogens (primary N) is 2. The van der Waals surface area contributed by atoms with Crippen molar-refractivity contribution in [3.63, 3.8) is 0 Å². The second kappa shape index (κ2) is 25.7. The van der Waals surface area contributed by atoms with Gasteiger partial charge in [-0.15, -0.1) is 0 Å². The minimum atomic E-state index is -1.16. The molecule has 1 aliphatic heterocycles. The Morgan fingerprint density at radius 3 is 1.75 bits per heavy atom. The molecule has 0 aliphatic carbocycles. The van der Waals surface area contributed by atoms with Gasteiger partial charge in [-0.3, -0.25) is 33.8 Å². The molecule has 18 heteroatoms. The second-order valence-corrected chi connectivity index (χ2v) is 18.1. The van der Waals surface area contributed by atoms with Crippen LogP contribution in [0.4, 0.5) is 0 Å². The van der Waals surface area contributed by atoms with E-state index in [4.69, 9.17) is 11.5 Å². The Bertz CT molecular complexity index is 1730. The van der Waals surface area contributed by atoms with E-state index < -0.39 is 71.7 Å². The van der Waals surface area contributed by atoms with Crippen molar-refractivity contribution >= 4 is 63.0 Å². The molecular weight excluding hydrogens is 805 g/mol. The second-order valence-electron chi connectivity index (χ2n) is 15.6. The lowest BCUT2D eigenvalue weighted by Crippen LogP contribution is -2.63. The zero-order valence-electron chi connectivity index (χ0n) is 35.6. The predicted molar refractivity (Wildman–Crippen MR) is 237 cm³/mol. The van der Waals surface area contributed by atoms with Crippen molar-refractivity contribution in [3.8, 4) is 0 Å². The minimum absolute atomic E-state index is 0.0481. The highest BCUT2D eigenvalue weighted by atomic mass is 33.1. The third kappa shape index (κ3) is 16.7. The Morgan fingerprint density at radius 1 is 0.667 bits per heavy atom. The van der Waals surface area contributed by atoms with Gasteiger partial charge in [0.15, 0.2) is 5.96 Å². The van der Waals surface area contributed by atoms with E-state index in [1.54, 1.807) is 6.20 Å². The molecule has 0 radical (unpaired) electrons. The van der Waals surface area contributed by atoms with E-state index in [0.29, 0.717) is 25.0 Å². The normalized spacial score (nSPS) is 23.4.